The molecule has 1 aliphatic rings. The molecule has 0 saturated carbocycles. The highest BCUT2D eigenvalue weighted by atomic mass is 35.5. The van der Waals surface area contributed by atoms with E-state index in [1.165, 1.54) is 23.1 Å². The first kappa shape index (κ1) is 13.7. The number of amides is 1. The smallest absolute Gasteiger partial charge is 0.308 e. The zero-order chi connectivity index (χ0) is 14.2. The van der Waals surface area contributed by atoms with Crippen molar-refractivity contribution in [2.24, 2.45) is 5.92 Å². The second-order valence-electron chi connectivity index (χ2n) is 4.63. The van der Waals surface area contributed by atoms with Crippen LogP contribution in [0.25, 0.3) is 0 Å². The van der Waals surface area contributed by atoms with Crippen molar-refractivity contribution in [3.63, 3.8) is 0 Å². The van der Waals surface area contributed by atoms with Crippen LogP contribution >= 0.6 is 11.6 Å². The Balaban J connectivity index is 2.26. The molecule has 2 rings (SSSR count). The first-order chi connectivity index (χ1) is 8.91. The van der Waals surface area contributed by atoms with Crippen molar-refractivity contribution in [3.8, 4) is 5.75 Å². The number of carbonyl (C=O) groups is 2. The predicted molar refractivity (Wildman–Crippen MR) is 69.4 cm³/mol. The van der Waals surface area contributed by atoms with Gasteiger partial charge in [-0.25, -0.2) is 0 Å². The zero-order valence-corrected chi connectivity index (χ0v) is 11.1. The topological polar surface area (TPSA) is 77.8 Å². The Kier molecular flexibility index (Phi) is 3.66. The molecule has 0 aliphatic carbocycles. The summed E-state index contributed by atoms with van der Waals surface area (Å²) < 4.78 is 0. The molecule has 6 heteroatoms. The monoisotopic (exact) mass is 283 g/mol. The van der Waals surface area contributed by atoms with Gasteiger partial charge in [0, 0.05) is 17.6 Å². The van der Waals surface area contributed by atoms with Crippen molar-refractivity contribution in [1.29, 1.82) is 0 Å². The van der Waals surface area contributed by atoms with Crippen molar-refractivity contribution in [3.05, 3.63) is 28.8 Å². The molecule has 1 saturated heterocycles. The van der Waals surface area contributed by atoms with E-state index in [9.17, 15) is 14.7 Å². The van der Waals surface area contributed by atoms with Gasteiger partial charge in [0.25, 0.3) is 5.91 Å². The van der Waals surface area contributed by atoms with E-state index in [-0.39, 0.29) is 11.3 Å². The molecule has 2 unspecified atom stereocenters. The Labute approximate surface area is 115 Å². The lowest BCUT2D eigenvalue weighted by molar-refractivity contribution is -0.142. The maximum absolute atomic E-state index is 12.3. The number of likely N-dealkylation sites (tertiary alicyclic amines) is 1. The number of carboxylic acid groups (broad SMARTS) is 1. The minimum absolute atomic E-state index is 0.102. The molecule has 1 amide bonds. The molecular weight excluding hydrogens is 270 g/mol. The highest BCUT2D eigenvalue weighted by molar-refractivity contribution is 6.31. The molecule has 1 aromatic carbocycles. The van der Waals surface area contributed by atoms with Crippen molar-refractivity contribution >= 4 is 23.5 Å². The fourth-order valence-corrected chi connectivity index (χ4v) is 2.56. The number of phenols is 1. The second-order valence-corrected chi connectivity index (χ2v) is 5.07. The largest absolute Gasteiger partial charge is 0.507 e. The van der Waals surface area contributed by atoms with E-state index >= 15 is 0 Å². The summed E-state index contributed by atoms with van der Waals surface area (Å²) >= 11 is 5.81. The molecule has 19 heavy (non-hydrogen) atoms. The third-order valence-corrected chi connectivity index (χ3v) is 3.76. The summed E-state index contributed by atoms with van der Waals surface area (Å²) in [6, 6.07) is 3.83. The van der Waals surface area contributed by atoms with Gasteiger partial charge in [-0.2, -0.15) is 0 Å². The molecule has 0 aromatic heterocycles. The van der Waals surface area contributed by atoms with Gasteiger partial charge in [0.05, 0.1) is 11.5 Å². The van der Waals surface area contributed by atoms with Gasteiger partial charge in [0.2, 0.25) is 0 Å². The van der Waals surface area contributed by atoms with E-state index in [4.69, 9.17) is 16.7 Å². The lowest BCUT2D eigenvalue weighted by Gasteiger charge is -2.23. The van der Waals surface area contributed by atoms with E-state index in [0.717, 1.165) is 0 Å². The van der Waals surface area contributed by atoms with Crippen molar-refractivity contribution in [2.45, 2.75) is 19.4 Å². The van der Waals surface area contributed by atoms with Crippen LogP contribution in [-0.2, 0) is 4.79 Å². The van der Waals surface area contributed by atoms with Crippen LogP contribution in [0.2, 0.25) is 5.02 Å². The molecule has 1 heterocycles. The normalized spacial score (nSPS) is 22.5. The number of aliphatic carboxylic acids is 1. The Morgan fingerprint density at radius 3 is 2.68 bits per heavy atom. The molecule has 0 spiro atoms. The Hall–Kier alpha value is -1.75. The number of hydrogen-bond donors (Lipinski definition) is 2. The average molecular weight is 284 g/mol. The van der Waals surface area contributed by atoms with E-state index in [1.54, 1.807) is 6.92 Å². The van der Waals surface area contributed by atoms with Crippen molar-refractivity contribution < 1.29 is 19.8 Å². The van der Waals surface area contributed by atoms with Gasteiger partial charge in [-0.05, 0) is 31.5 Å². The van der Waals surface area contributed by atoms with Crippen LogP contribution in [0.4, 0.5) is 0 Å². The number of phenolic OH excluding ortho intramolecular Hbond substituents is 1. The fourth-order valence-electron chi connectivity index (χ4n) is 2.39. The fraction of sp³-hybridized carbons (Fsp3) is 0.385. The van der Waals surface area contributed by atoms with Gasteiger partial charge in [0.15, 0.2) is 0 Å². The number of rotatable bonds is 2. The number of halogens is 1. The van der Waals surface area contributed by atoms with Crippen LogP contribution in [0.5, 0.6) is 5.75 Å². The van der Waals surface area contributed by atoms with Crippen molar-refractivity contribution in [1.82, 2.24) is 4.90 Å². The Morgan fingerprint density at radius 1 is 1.42 bits per heavy atom. The summed E-state index contributed by atoms with van der Waals surface area (Å²) in [5.74, 6) is -2.01. The van der Waals surface area contributed by atoms with E-state index in [1.807, 2.05) is 0 Å². The minimum Gasteiger partial charge on any atom is -0.507 e. The summed E-state index contributed by atoms with van der Waals surface area (Å²) in [6.45, 7) is 2.06. The van der Waals surface area contributed by atoms with Gasteiger partial charge in [-0.1, -0.05) is 11.6 Å². The Bertz CT molecular complexity index is 531. The molecule has 2 atom stereocenters. The van der Waals surface area contributed by atoms with Gasteiger partial charge < -0.3 is 15.1 Å². The summed E-state index contributed by atoms with van der Waals surface area (Å²) in [6.07, 6.45) is 0.420. The van der Waals surface area contributed by atoms with Crippen LogP contribution in [0.1, 0.15) is 23.7 Å². The van der Waals surface area contributed by atoms with Crippen LogP contribution < -0.4 is 0 Å². The minimum atomic E-state index is -0.905. The lowest BCUT2D eigenvalue weighted by atomic mass is 10.0. The SMILES string of the molecule is CC1C(C(=O)O)CCN1C(=O)c1cc(Cl)ccc1O. The summed E-state index contributed by atoms with van der Waals surface area (Å²) in [7, 11) is 0. The molecular formula is C13H14ClNO4. The number of hydrogen-bond acceptors (Lipinski definition) is 3. The highest BCUT2D eigenvalue weighted by Crippen LogP contribution is 2.29. The summed E-state index contributed by atoms with van der Waals surface area (Å²) in [4.78, 5) is 24.8. The van der Waals surface area contributed by atoms with Gasteiger partial charge in [0.1, 0.15) is 5.75 Å². The Morgan fingerprint density at radius 2 is 2.11 bits per heavy atom. The number of carbonyl (C=O) groups excluding carboxylic acids is 1. The van der Waals surface area contributed by atoms with Crippen LogP contribution in [0.3, 0.4) is 0 Å². The van der Waals surface area contributed by atoms with Crippen molar-refractivity contribution in [2.75, 3.05) is 6.54 Å². The molecule has 1 fully saturated rings. The zero-order valence-electron chi connectivity index (χ0n) is 10.3. The number of carboxylic acids is 1. The van der Waals surface area contributed by atoms with Crippen LogP contribution in [0.15, 0.2) is 18.2 Å². The quantitative estimate of drug-likeness (QED) is 0.870. The molecule has 1 aromatic rings. The summed E-state index contributed by atoms with van der Waals surface area (Å²) in [5.41, 5.74) is 0.102. The number of nitrogens with zero attached hydrogens (tertiary/aromatic N) is 1. The van der Waals surface area contributed by atoms with E-state index in [0.29, 0.717) is 18.0 Å². The third-order valence-electron chi connectivity index (χ3n) is 3.52. The van der Waals surface area contributed by atoms with E-state index < -0.39 is 23.8 Å². The maximum Gasteiger partial charge on any atom is 0.308 e. The summed E-state index contributed by atoms with van der Waals surface area (Å²) in [5, 5.41) is 19.1. The first-order valence-corrected chi connectivity index (χ1v) is 6.32. The van der Waals surface area contributed by atoms with Gasteiger partial charge in [-0.15, -0.1) is 0 Å². The van der Waals surface area contributed by atoms with E-state index in [2.05, 4.69) is 0 Å². The second kappa shape index (κ2) is 5.09. The molecule has 0 bridgehead atoms. The van der Waals surface area contributed by atoms with Gasteiger partial charge in [-0.3, -0.25) is 9.59 Å². The molecule has 1 aliphatic heterocycles. The molecule has 0 radical (unpaired) electrons. The molecule has 5 nitrogen and oxygen atoms in total. The average Bonchev–Trinajstić information content (AvgIpc) is 2.73. The van der Waals surface area contributed by atoms with Gasteiger partial charge >= 0.3 is 5.97 Å². The highest BCUT2D eigenvalue weighted by Gasteiger charge is 2.38. The number of benzene rings is 1. The number of aromatic hydroxyl groups is 1. The van der Waals surface area contributed by atoms with Crippen LogP contribution in [0, 0.1) is 5.92 Å². The lowest BCUT2D eigenvalue weighted by Crippen LogP contribution is -2.37. The molecule has 102 valence electrons. The van der Waals surface area contributed by atoms with Crippen LogP contribution in [-0.4, -0.2) is 39.6 Å². The predicted octanol–water partition coefficient (Wildman–Crippen LogP) is 1.98. The molecule has 2 N–H and O–H groups in total. The third kappa shape index (κ3) is 2.51. The first-order valence-electron chi connectivity index (χ1n) is 5.94. The maximum atomic E-state index is 12.3. The standard InChI is InChI=1S/C13H14ClNO4/c1-7-9(13(18)19)4-5-15(7)12(17)10-6-8(14)2-3-11(10)16/h2-3,6-7,9,16H,4-5H2,1H3,(H,18,19).